The molecule has 102 valence electrons. The van der Waals surface area contributed by atoms with Gasteiger partial charge in [-0.1, -0.05) is 54.8 Å². The summed E-state index contributed by atoms with van der Waals surface area (Å²) in [6, 6.07) is 8.80. The fourth-order valence-electron chi connectivity index (χ4n) is 1.93. The van der Waals surface area contributed by atoms with Gasteiger partial charge in [0.2, 0.25) is 0 Å². The summed E-state index contributed by atoms with van der Waals surface area (Å²) >= 11 is 5.55. The molecule has 18 heavy (non-hydrogen) atoms. The first-order valence-electron chi connectivity index (χ1n) is 6.81. The fourth-order valence-corrected chi connectivity index (χ4v) is 3.75. The van der Waals surface area contributed by atoms with Gasteiger partial charge in [-0.3, -0.25) is 0 Å². The molecule has 0 saturated carbocycles. The topological polar surface area (TPSA) is 26.0 Å². The number of rotatable bonds is 8. The zero-order valence-electron chi connectivity index (χ0n) is 11.4. The number of thioether (sulfide) groups is 1. The van der Waals surface area contributed by atoms with Gasteiger partial charge < -0.3 is 5.73 Å². The van der Waals surface area contributed by atoms with Crippen LogP contribution in [0.15, 0.2) is 28.7 Å². The van der Waals surface area contributed by atoms with Crippen LogP contribution in [0.2, 0.25) is 0 Å². The Morgan fingerprint density at radius 3 is 2.67 bits per heavy atom. The van der Waals surface area contributed by atoms with Crippen molar-refractivity contribution in [2.45, 2.75) is 50.8 Å². The van der Waals surface area contributed by atoms with Crippen LogP contribution in [0.1, 0.15) is 50.3 Å². The van der Waals surface area contributed by atoms with Gasteiger partial charge in [-0.25, -0.2) is 0 Å². The van der Waals surface area contributed by atoms with Crippen molar-refractivity contribution >= 4 is 27.7 Å². The number of nitrogens with two attached hydrogens (primary N) is 1. The SMILES string of the molecule is CCCCCSC(c1cccc(Br)c1)C(N)CC. The van der Waals surface area contributed by atoms with Gasteiger partial charge >= 0.3 is 0 Å². The van der Waals surface area contributed by atoms with Crippen molar-refractivity contribution in [3.63, 3.8) is 0 Å². The molecular formula is C15H24BrNS. The van der Waals surface area contributed by atoms with Gasteiger partial charge in [0, 0.05) is 15.8 Å². The second kappa shape index (κ2) is 9.00. The van der Waals surface area contributed by atoms with E-state index in [9.17, 15) is 0 Å². The molecule has 2 atom stereocenters. The summed E-state index contributed by atoms with van der Waals surface area (Å²) in [7, 11) is 0. The lowest BCUT2D eigenvalue weighted by Crippen LogP contribution is -2.26. The molecule has 0 spiro atoms. The van der Waals surface area contributed by atoms with Crippen molar-refractivity contribution in [1.82, 2.24) is 0 Å². The molecule has 1 nitrogen and oxygen atoms in total. The Morgan fingerprint density at radius 1 is 1.28 bits per heavy atom. The van der Waals surface area contributed by atoms with Crippen molar-refractivity contribution in [2.24, 2.45) is 5.73 Å². The zero-order chi connectivity index (χ0) is 13.4. The van der Waals surface area contributed by atoms with E-state index in [1.165, 1.54) is 30.6 Å². The summed E-state index contributed by atoms with van der Waals surface area (Å²) in [6.07, 6.45) is 4.92. The maximum absolute atomic E-state index is 6.28. The van der Waals surface area contributed by atoms with Crippen LogP contribution >= 0.6 is 27.7 Å². The van der Waals surface area contributed by atoms with Crippen LogP contribution in [0.3, 0.4) is 0 Å². The molecule has 0 bridgehead atoms. The summed E-state index contributed by atoms with van der Waals surface area (Å²) in [5, 5.41) is 0.421. The molecule has 0 amide bonds. The third-order valence-corrected chi connectivity index (χ3v) is 5.08. The van der Waals surface area contributed by atoms with Gasteiger partial charge in [0.1, 0.15) is 0 Å². The highest BCUT2D eigenvalue weighted by Crippen LogP contribution is 2.34. The molecular weight excluding hydrogens is 306 g/mol. The maximum atomic E-state index is 6.28. The van der Waals surface area contributed by atoms with Gasteiger partial charge in [-0.15, -0.1) is 0 Å². The van der Waals surface area contributed by atoms with Crippen molar-refractivity contribution < 1.29 is 0 Å². The van der Waals surface area contributed by atoms with E-state index in [1.54, 1.807) is 0 Å². The largest absolute Gasteiger partial charge is 0.326 e. The van der Waals surface area contributed by atoms with Gasteiger partial charge in [0.15, 0.2) is 0 Å². The molecule has 0 aromatic heterocycles. The molecule has 0 aliphatic carbocycles. The van der Waals surface area contributed by atoms with Gasteiger partial charge in [0.05, 0.1) is 0 Å². The first kappa shape index (κ1) is 16.1. The molecule has 1 aromatic rings. The van der Waals surface area contributed by atoms with E-state index in [1.807, 2.05) is 11.8 Å². The van der Waals surface area contributed by atoms with Gasteiger partial charge in [-0.05, 0) is 36.3 Å². The van der Waals surface area contributed by atoms with E-state index in [2.05, 4.69) is 54.0 Å². The van der Waals surface area contributed by atoms with E-state index in [0.717, 1.165) is 10.9 Å². The molecule has 1 aromatic carbocycles. The zero-order valence-corrected chi connectivity index (χ0v) is 13.8. The Kier molecular flexibility index (Phi) is 8.03. The van der Waals surface area contributed by atoms with Crippen LogP contribution in [0.4, 0.5) is 0 Å². The highest BCUT2D eigenvalue weighted by Gasteiger charge is 2.18. The Bertz CT molecular complexity index is 343. The molecule has 0 saturated heterocycles. The minimum atomic E-state index is 0.242. The lowest BCUT2D eigenvalue weighted by atomic mass is 10.0. The number of benzene rings is 1. The first-order valence-corrected chi connectivity index (χ1v) is 8.65. The van der Waals surface area contributed by atoms with Crippen molar-refractivity contribution in [1.29, 1.82) is 0 Å². The minimum Gasteiger partial charge on any atom is -0.326 e. The highest BCUT2D eigenvalue weighted by molar-refractivity contribution is 9.10. The highest BCUT2D eigenvalue weighted by atomic mass is 79.9. The number of halogens is 1. The summed E-state index contributed by atoms with van der Waals surface area (Å²) in [4.78, 5) is 0. The molecule has 0 aliphatic rings. The third kappa shape index (κ3) is 5.33. The van der Waals surface area contributed by atoms with Gasteiger partial charge in [0.25, 0.3) is 0 Å². The second-order valence-corrected chi connectivity index (χ2v) is 6.79. The standard InChI is InChI=1S/C15H24BrNS/c1-3-5-6-10-18-15(14(17)4-2)12-8-7-9-13(16)11-12/h7-9,11,14-15H,3-6,10,17H2,1-2H3. The van der Waals surface area contributed by atoms with E-state index in [0.29, 0.717) is 5.25 Å². The summed E-state index contributed by atoms with van der Waals surface area (Å²) in [5.41, 5.74) is 7.63. The third-order valence-electron chi connectivity index (χ3n) is 3.08. The number of unbranched alkanes of at least 4 members (excludes halogenated alkanes) is 2. The number of hydrogen-bond donors (Lipinski definition) is 1. The van der Waals surface area contributed by atoms with Crippen LogP contribution < -0.4 is 5.73 Å². The first-order chi connectivity index (χ1) is 8.69. The lowest BCUT2D eigenvalue weighted by Gasteiger charge is -2.23. The van der Waals surface area contributed by atoms with E-state index < -0.39 is 0 Å². The Labute approximate surface area is 124 Å². The molecule has 2 N–H and O–H groups in total. The molecule has 0 aliphatic heterocycles. The molecule has 0 fully saturated rings. The second-order valence-electron chi connectivity index (χ2n) is 4.63. The van der Waals surface area contributed by atoms with Crippen molar-refractivity contribution in [2.75, 3.05) is 5.75 Å². The van der Waals surface area contributed by atoms with E-state index in [-0.39, 0.29) is 6.04 Å². The van der Waals surface area contributed by atoms with Crippen LogP contribution in [-0.2, 0) is 0 Å². The lowest BCUT2D eigenvalue weighted by molar-refractivity contribution is 0.633. The predicted molar refractivity (Wildman–Crippen MR) is 87.1 cm³/mol. The molecule has 0 heterocycles. The van der Waals surface area contributed by atoms with Crippen LogP contribution in [-0.4, -0.2) is 11.8 Å². The average molecular weight is 330 g/mol. The van der Waals surface area contributed by atoms with Crippen molar-refractivity contribution in [3.8, 4) is 0 Å². The van der Waals surface area contributed by atoms with Crippen LogP contribution in [0.25, 0.3) is 0 Å². The molecule has 2 unspecified atom stereocenters. The Balaban J connectivity index is 2.66. The minimum absolute atomic E-state index is 0.242. The summed E-state index contributed by atoms with van der Waals surface area (Å²) < 4.78 is 1.14. The van der Waals surface area contributed by atoms with Crippen molar-refractivity contribution in [3.05, 3.63) is 34.3 Å². The number of hydrogen-bond acceptors (Lipinski definition) is 2. The quantitative estimate of drug-likeness (QED) is 0.667. The maximum Gasteiger partial charge on any atom is 0.0448 e. The monoisotopic (exact) mass is 329 g/mol. The van der Waals surface area contributed by atoms with Gasteiger partial charge in [-0.2, -0.15) is 11.8 Å². The van der Waals surface area contributed by atoms with Crippen LogP contribution in [0, 0.1) is 0 Å². The smallest absolute Gasteiger partial charge is 0.0448 e. The van der Waals surface area contributed by atoms with Crippen LogP contribution in [0.5, 0.6) is 0 Å². The molecule has 1 rings (SSSR count). The van der Waals surface area contributed by atoms with E-state index >= 15 is 0 Å². The predicted octanol–water partition coefficient (Wildman–Crippen LogP) is 5.15. The molecule has 3 heteroatoms. The molecule has 0 radical (unpaired) electrons. The normalized spacial score (nSPS) is 14.4. The average Bonchev–Trinajstić information content (AvgIpc) is 2.38. The summed E-state index contributed by atoms with van der Waals surface area (Å²) in [5.74, 6) is 1.21. The summed E-state index contributed by atoms with van der Waals surface area (Å²) in [6.45, 7) is 4.41. The Morgan fingerprint density at radius 2 is 2.06 bits per heavy atom. The van der Waals surface area contributed by atoms with E-state index in [4.69, 9.17) is 5.73 Å². The fraction of sp³-hybridized carbons (Fsp3) is 0.600. The Hall–Kier alpha value is 0.01000.